The SMILES string of the molecule is CCOC(=O)C1C(C(F)(F)F)NC(=O)NC1(C)O. The number of carbonyl (C=O) groups excluding carboxylic acids is 2. The molecule has 3 N–H and O–H groups in total. The van der Waals surface area contributed by atoms with E-state index >= 15 is 0 Å². The fourth-order valence-corrected chi connectivity index (χ4v) is 1.76. The largest absolute Gasteiger partial charge is 0.466 e. The molecular formula is C9H13F3N2O4. The van der Waals surface area contributed by atoms with Crippen LogP contribution in [-0.4, -0.2) is 41.7 Å². The maximum atomic E-state index is 12.7. The summed E-state index contributed by atoms with van der Waals surface area (Å²) < 4.78 is 42.7. The Hall–Kier alpha value is -1.51. The summed E-state index contributed by atoms with van der Waals surface area (Å²) in [6.07, 6.45) is -4.88. The van der Waals surface area contributed by atoms with E-state index < -0.39 is 35.9 Å². The number of esters is 1. The maximum Gasteiger partial charge on any atom is 0.409 e. The molecule has 0 spiro atoms. The molecule has 18 heavy (non-hydrogen) atoms. The lowest BCUT2D eigenvalue weighted by molar-refractivity contribution is -0.206. The minimum absolute atomic E-state index is 0.135. The number of rotatable bonds is 2. The van der Waals surface area contributed by atoms with Crippen molar-refractivity contribution in [1.29, 1.82) is 0 Å². The number of amides is 2. The second-order valence-corrected chi connectivity index (χ2v) is 3.99. The molecule has 0 bridgehead atoms. The van der Waals surface area contributed by atoms with Crippen LogP contribution in [0, 0.1) is 5.92 Å². The van der Waals surface area contributed by atoms with Crippen molar-refractivity contribution in [2.24, 2.45) is 5.92 Å². The molecule has 1 saturated heterocycles. The smallest absolute Gasteiger partial charge is 0.409 e. The van der Waals surface area contributed by atoms with E-state index in [0.717, 1.165) is 6.92 Å². The number of hydrogen-bond donors (Lipinski definition) is 3. The topological polar surface area (TPSA) is 87.7 Å². The number of halogens is 3. The zero-order chi connectivity index (χ0) is 14.1. The zero-order valence-corrected chi connectivity index (χ0v) is 9.67. The number of nitrogens with one attached hydrogen (secondary N) is 2. The average molecular weight is 270 g/mol. The van der Waals surface area contributed by atoms with E-state index in [1.807, 2.05) is 5.32 Å². The van der Waals surface area contributed by atoms with Crippen molar-refractivity contribution in [2.75, 3.05) is 6.61 Å². The Balaban J connectivity index is 3.10. The summed E-state index contributed by atoms with van der Waals surface area (Å²) >= 11 is 0. The molecule has 1 rings (SSSR count). The minimum Gasteiger partial charge on any atom is -0.466 e. The normalized spacial score (nSPS) is 32.4. The molecule has 3 unspecified atom stereocenters. The molecule has 0 aromatic carbocycles. The number of urea groups is 1. The van der Waals surface area contributed by atoms with E-state index in [4.69, 9.17) is 0 Å². The molecule has 1 heterocycles. The summed E-state index contributed by atoms with van der Waals surface area (Å²) in [5.41, 5.74) is -2.34. The number of carbonyl (C=O) groups is 2. The third-order valence-electron chi connectivity index (χ3n) is 2.49. The predicted octanol–water partition coefficient (Wildman–Crippen LogP) is 0.118. The molecule has 0 aromatic rings. The lowest BCUT2D eigenvalue weighted by Gasteiger charge is -2.42. The molecule has 1 aliphatic heterocycles. The Bertz CT molecular complexity index is 356. The molecule has 1 fully saturated rings. The summed E-state index contributed by atoms with van der Waals surface area (Å²) in [5, 5.41) is 13.2. The van der Waals surface area contributed by atoms with Gasteiger partial charge in [-0.2, -0.15) is 13.2 Å². The van der Waals surface area contributed by atoms with E-state index in [1.54, 1.807) is 5.32 Å². The first kappa shape index (κ1) is 14.6. The summed E-state index contributed by atoms with van der Waals surface area (Å²) in [6, 6.07) is -3.71. The van der Waals surface area contributed by atoms with E-state index in [9.17, 15) is 27.9 Å². The fourth-order valence-electron chi connectivity index (χ4n) is 1.76. The van der Waals surface area contributed by atoms with Crippen molar-refractivity contribution in [3.05, 3.63) is 0 Å². The van der Waals surface area contributed by atoms with Crippen molar-refractivity contribution < 1.29 is 32.6 Å². The first-order valence-electron chi connectivity index (χ1n) is 5.14. The molecule has 1 aliphatic rings. The van der Waals surface area contributed by atoms with Crippen LogP contribution in [0.15, 0.2) is 0 Å². The van der Waals surface area contributed by atoms with Crippen LogP contribution in [-0.2, 0) is 9.53 Å². The number of aliphatic hydroxyl groups is 1. The summed E-state index contributed by atoms with van der Waals surface area (Å²) in [4.78, 5) is 22.5. The van der Waals surface area contributed by atoms with Crippen LogP contribution in [0.25, 0.3) is 0 Å². The monoisotopic (exact) mass is 270 g/mol. The lowest BCUT2D eigenvalue weighted by atomic mass is 9.87. The van der Waals surface area contributed by atoms with Crippen LogP contribution in [0.4, 0.5) is 18.0 Å². The molecule has 6 nitrogen and oxygen atoms in total. The Kier molecular flexibility index (Phi) is 3.75. The van der Waals surface area contributed by atoms with Crippen molar-refractivity contribution >= 4 is 12.0 Å². The van der Waals surface area contributed by atoms with Gasteiger partial charge in [0.05, 0.1) is 6.61 Å². The van der Waals surface area contributed by atoms with Crippen LogP contribution in [0.5, 0.6) is 0 Å². The van der Waals surface area contributed by atoms with Gasteiger partial charge in [0.25, 0.3) is 0 Å². The average Bonchev–Trinajstić information content (AvgIpc) is 2.13. The first-order chi connectivity index (χ1) is 8.09. The van der Waals surface area contributed by atoms with Crippen LogP contribution < -0.4 is 10.6 Å². The number of hydrogen-bond acceptors (Lipinski definition) is 4. The second kappa shape index (κ2) is 4.63. The Morgan fingerprint density at radius 1 is 1.56 bits per heavy atom. The molecule has 0 aromatic heterocycles. The van der Waals surface area contributed by atoms with Gasteiger partial charge in [0.15, 0.2) is 5.72 Å². The van der Waals surface area contributed by atoms with Gasteiger partial charge in [-0.05, 0) is 13.8 Å². The first-order valence-corrected chi connectivity index (χ1v) is 5.14. The minimum atomic E-state index is -4.88. The van der Waals surface area contributed by atoms with E-state index in [-0.39, 0.29) is 6.61 Å². The highest BCUT2D eigenvalue weighted by atomic mass is 19.4. The maximum absolute atomic E-state index is 12.7. The molecule has 3 atom stereocenters. The van der Waals surface area contributed by atoms with Gasteiger partial charge in [0, 0.05) is 0 Å². The molecule has 2 amide bonds. The van der Waals surface area contributed by atoms with Crippen LogP contribution in [0.2, 0.25) is 0 Å². The summed E-state index contributed by atoms with van der Waals surface area (Å²) in [7, 11) is 0. The van der Waals surface area contributed by atoms with Crippen LogP contribution in [0.1, 0.15) is 13.8 Å². The van der Waals surface area contributed by atoms with Gasteiger partial charge >= 0.3 is 18.2 Å². The molecule has 0 radical (unpaired) electrons. The van der Waals surface area contributed by atoms with E-state index in [0.29, 0.717) is 0 Å². The van der Waals surface area contributed by atoms with Gasteiger partial charge in [-0.3, -0.25) is 4.79 Å². The molecular weight excluding hydrogens is 257 g/mol. The van der Waals surface area contributed by atoms with Gasteiger partial charge in [-0.15, -0.1) is 0 Å². The predicted molar refractivity (Wildman–Crippen MR) is 52.3 cm³/mol. The standard InChI is InChI=1S/C9H13F3N2O4/c1-3-18-6(15)4-5(9(10,11)12)13-7(16)14-8(4,2)17/h4-5,17H,3H2,1-2H3,(H2,13,14,16). The zero-order valence-electron chi connectivity index (χ0n) is 9.67. The van der Waals surface area contributed by atoms with E-state index in [2.05, 4.69) is 4.74 Å². The van der Waals surface area contributed by atoms with Crippen molar-refractivity contribution in [1.82, 2.24) is 10.6 Å². The summed E-state index contributed by atoms with van der Waals surface area (Å²) in [5.74, 6) is -3.22. The molecule has 9 heteroatoms. The highest BCUT2D eigenvalue weighted by Gasteiger charge is 2.59. The van der Waals surface area contributed by atoms with Gasteiger partial charge < -0.3 is 20.5 Å². The van der Waals surface area contributed by atoms with Crippen molar-refractivity contribution in [3.8, 4) is 0 Å². The Morgan fingerprint density at radius 3 is 2.56 bits per heavy atom. The molecule has 104 valence electrons. The lowest BCUT2D eigenvalue weighted by Crippen LogP contribution is -2.72. The molecule has 0 aliphatic carbocycles. The second-order valence-electron chi connectivity index (χ2n) is 3.99. The van der Waals surface area contributed by atoms with Gasteiger partial charge in [0.1, 0.15) is 12.0 Å². The van der Waals surface area contributed by atoms with Crippen LogP contribution in [0.3, 0.4) is 0 Å². The van der Waals surface area contributed by atoms with Gasteiger partial charge in [-0.1, -0.05) is 0 Å². The van der Waals surface area contributed by atoms with Crippen molar-refractivity contribution in [2.45, 2.75) is 31.8 Å². The Labute approximate surface area is 100 Å². The van der Waals surface area contributed by atoms with E-state index in [1.165, 1.54) is 6.92 Å². The van der Waals surface area contributed by atoms with Gasteiger partial charge in [-0.25, -0.2) is 4.79 Å². The van der Waals surface area contributed by atoms with Crippen LogP contribution >= 0.6 is 0 Å². The summed E-state index contributed by atoms with van der Waals surface area (Å²) in [6.45, 7) is 2.19. The highest BCUT2D eigenvalue weighted by molar-refractivity contribution is 5.82. The Morgan fingerprint density at radius 2 is 2.11 bits per heavy atom. The third kappa shape index (κ3) is 2.84. The molecule has 0 saturated carbocycles. The highest BCUT2D eigenvalue weighted by Crippen LogP contribution is 2.33. The fraction of sp³-hybridized carbons (Fsp3) is 0.778. The number of ether oxygens (including phenoxy) is 1. The van der Waals surface area contributed by atoms with Gasteiger partial charge in [0.2, 0.25) is 0 Å². The quantitative estimate of drug-likeness (QED) is 0.622. The number of alkyl halides is 3. The van der Waals surface area contributed by atoms with Crippen molar-refractivity contribution in [3.63, 3.8) is 0 Å². The third-order valence-corrected chi connectivity index (χ3v) is 2.49.